The van der Waals surface area contributed by atoms with E-state index in [9.17, 15) is 0 Å². The van der Waals surface area contributed by atoms with Crippen LogP contribution in [0, 0.1) is 5.41 Å². The van der Waals surface area contributed by atoms with Crippen molar-refractivity contribution in [2.24, 2.45) is 5.41 Å². The van der Waals surface area contributed by atoms with E-state index in [4.69, 9.17) is 19.8 Å². The molecule has 1 spiro atoms. The van der Waals surface area contributed by atoms with Crippen LogP contribution in [-0.2, 0) is 9.59 Å². The van der Waals surface area contributed by atoms with E-state index in [0.717, 1.165) is 19.3 Å². The summed E-state index contributed by atoms with van der Waals surface area (Å²) in [5, 5.41) is 14.8. The molecule has 0 aromatic heterocycles. The lowest BCUT2D eigenvalue weighted by Gasteiger charge is -2.19. The van der Waals surface area contributed by atoms with Crippen LogP contribution in [0.1, 0.15) is 97.3 Å². The normalized spacial score (nSPS) is 20.8. The topological polar surface area (TPSA) is 74.6 Å². The van der Waals surface area contributed by atoms with E-state index in [0.29, 0.717) is 0 Å². The summed E-state index contributed by atoms with van der Waals surface area (Å²) in [6.45, 7) is 2.17. The van der Waals surface area contributed by atoms with E-state index in [-0.39, 0.29) is 0 Å². The Balaban J connectivity index is 0.000000284. The molecule has 2 N–H and O–H groups in total. The third-order valence-electron chi connectivity index (χ3n) is 4.37. The molecule has 0 aromatic rings. The van der Waals surface area contributed by atoms with Gasteiger partial charge in [-0.05, 0) is 31.1 Å². The van der Waals surface area contributed by atoms with Crippen molar-refractivity contribution in [3.63, 3.8) is 0 Å². The van der Waals surface area contributed by atoms with Gasteiger partial charge in [0, 0.05) is 13.8 Å². The number of aliphatic carboxylic acids is 2. The van der Waals surface area contributed by atoms with Crippen LogP contribution in [-0.4, -0.2) is 22.2 Å². The fourth-order valence-corrected chi connectivity index (χ4v) is 3.04. The molecule has 0 heterocycles. The largest absolute Gasteiger partial charge is 0.481 e. The maximum absolute atomic E-state index is 9.00. The maximum atomic E-state index is 9.00. The van der Waals surface area contributed by atoms with Gasteiger partial charge < -0.3 is 10.2 Å². The van der Waals surface area contributed by atoms with Crippen LogP contribution in [0.5, 0.6) is 0 Å². The number of carboxylic acids is 2. The standard InChI is InChI=1S/C8H14.C6H12.2C2H4O2/c1-2-4-8(5-3-1)6-7-8;1-2-4-6-5-3-1;2*1-2(3)4/h1-7H2;1-6H2;2*1H3,(H,3,4). The van der Waals surface area contributed by atoms with Crippen molar-refractivity contribution in [3.05, 3.63) is 0 Å². The number of rotatable bonds is 0. The second-order valence-electron chi connectivity index (χ2n) is 6.72. The molecule has 3 aliphatic carbocycles. The molecular weight excluding hydrogens is 280 g/mol. The Kier molecular flexibility index (Phi) is 11.9. The summed E-state index contributed by atoms with van der Waals surface area (Å²) >= 11 is 0. The molecule has 0 saturated heterocycles. The highest BCUT2D eigenvalue weighted by molar-refractivity contribution is 5.63. The number of hydrogen-bond acceptors (Lipinski definition) is 2. The number of carboxylic acid groups (broad SMARTS) is 2. The van der Waals surface area contributed by atoms with Crippen molar-refractivity contribution < 1.29 is 19.8 Å². The summed E-state index contributed by atoms with van der Waals surface area (Å²) < 4.78 is 0. The molecule has 0 unspecified atom stereocenters. The third-order valence-corrected chi connectivity index (χ3v) is 4.37. The molecule has 3 fully saturated rings. The van der Waals surface area contributed by atoms with Gasteiger partial charge in [0.15, 0.2) is 0 Å². The fraction of sp³-hybridized carbons (Fsp3) is 0.889. The predicted octanol–water partition coefficient (Wildman–Crippen LogP) is 5.25. The molecule has 22 heavy (non-hydrogen) atoms. The van der Waals surface area contributed by atoms with Crippen molar-refractivity contribution in [2.75, 3.05) is 0 Å². The van der Waals surface area contributed by atoms with Crippen molar-refractivity contribution >= 4 is 11.9 Å². The first-order chi connectivity index (χ1) is 10.4. The molecule has 0 bridgehead atoms. The van der Waals surface area contributed by atoms with Crippen LogP contribution in [0.2, 0.25) is 0 Å². The smallest absolute Gasteiger partial charge is 0.300 e. The highest BCUT2D eigenvalue weighted by atomic mass is 16.4. The Morgan fingerprint density at radius 1 is 0.591 bits per heavy atom. The quantitative estimate of drug-likeness (QED) is 0.640. The van der Waals surface area contributed by atoms with Gasteiger partial charge in [-0.25, -0.2) is 0 Å². The van der Waals surface area contributed by atoms with Crippen LogP contribution in [0.15, 0.2) is 0 Å². The summed E-state index contributed by atoms with van der Waals surface area (Å²) in [4.78, 5) is 18.0. The Bertz CT molecular complexity index is 265. The SMILES string of the molecule is C1CCC2(CC1)CC2.C1CCCCC1.CC(=O)O.CC(=O)O. The lowest BCUT2D eigenvalue weighted by atomic mass is 9.87. The first-order valence-corrected chi connectivity index (χ1v) is 8.77. The van der Waals surface area contributed by atoms with Gasteiger partial charge in [-0.1, -0.05) is 57.8 Å². The van der Waals surface area contributed by atoms with Gasteiger partial charge in [0.05, 0.1) is 0 Å². The van der Waals surface area contributed by atoms with Crippen LogP contribution >= 0.6 is 0 Å². The first-order valence-electron chi connectivity index (χ1n) is 8.77. The summed E-state index contributed by atoms with van der Waals surface area (Å²) in [5.74, 6) is -1.67. The van der Waals surface area contributed by atoms with Crippen molar-refractivity contribution in [1.29, 1.82) is 0 Å². The van der Waals surface area contributed by atoms with Crippen LogP contribution in [0.25, 0.3) is 0 Å². The molecule has 3 aliphatic rings. The van der Waals surface area contributed by atoms with Gasteiger partial charge in [0.2, 0.25) is 0 Å². The molecule has 0 atom stereocenters. The highest BCUT2D eigenvalue weighted by Crippen LogP contribution is 2.55. The fourth-order valence-electron chi connectivity index (χ4n) is 3.04. The van der Waals surface area contributed by atoms with Crippen molar-refractivity contribution in [2.45, 2.75) is 97.3 Å². The number of carbonyl (C=O) groups is 2. The van der Waals surface area contributed by atoms with Gasteiger partial charge in [-0.2, -0.15) is 0 Å². The van der Waals surface area contributed by atoms with Gasteiger partial charge in [0.1, 0.15) is 0 Å². The summed E-state index contributed by atoms with van der Waals surface area (Å²) in [6.07, 6.45) is 19.8. The zero-order valence-electron chi connectivity index (χ0n) is 14.4. The summed E-state index contributed by atoms with van der Waals surface area (Å²) in [7, 11) is 0. The lowest BCUT2D eigenvalue weighted by Crippen LogP contribution is -2.05. The second-order valence-corrected chi connectivity index (χ2v) is 6.72. The average Bonchev–Trinajstić information content (AvgIpc) is 3.20. The molecule has 130 valence electrons. The minimum atomic E-state index is -0.833. The zero-order chi connectivity index (χ0) is 16.8. The highest BCUT2D eigenvalue weighted by Gasteiger charge is 2.42. The third kappa shape index (κ3) is 15.3. The molecule has 4 heteroatoms. The predicted molar refractivity (Wildman–Crippen MR) is 89.1 cm³/mol. The molecule has 0 aliphatic heterocycles. The van der Waals surface area contributed by atoms with E-state index >= 15 is 0 Å². The molecule has 3 rings (SSSR count). The second kappa shape index (κ2) is 12.5. The van der Waals surface area contributed by atoms with E-state index in [2.05, 4.69) is 0 Å². The zero-order valence-corrected chi connectivity index (χ0v) is 14.4. The van der Waals surface area contributed by atoms with E-state index < -0.39 is 11.9 Å². The molecule has 3 saturated carbocycles. The molecular formula is C18H34O4. The average molecular weight is 314 g/mol. The van der Waals surface area contributed by atoms with E-state index in [1.807, 2.05) is 0 Å². The van der Waals surface area contributed by atoms with Crippen molar-refractivity contribution in [1.82, 2.24) is 0 Å². The summed E-state index contributed by atoms with van der Waals surface area (Å²) in [5.41, 5.74) is 0.929. The molecule has 0 radical (unpaired) electrons. The number of hydrogen-bond donors (Lipinski definition) is 2. The van der Waals surface area contributed by atoms with Crippen molar-refractivity contribution in [3.8, 4) is 0 Å². The lowest BCUT2D eigenvalue weighted by molar-refractivity contribution is -0.135. The maximum Gasteiger partial charge on any atom is 0.300 e. The Morgan fingerprint density at radius 2 is 0.818 bits per heavy atom. The summed E-state index contributed by atoms with van der Waals surface area (Å²) in [6, 6.07) is 0. The van der Waals surface area contributed by atoms with Gasteiger partial charge in [-0.15, -0.1) is 0 Å². The Hall–Kier alpha value is -1.06. The van der Waals surface area contributed by atoms with Crippen LogP contribution in [0.4, 0.5) is 0 Å². The van der Waals surface area contributed by atoms with Gasteiger partial charge in [-0.3, -0.25) is 9.59 Å². The van der Waals surface area contributed by atoms with Gasteiger partial charge >= 0.3 is 0 Å². The molecule has 0 aromatic carbocycles. The minimum absolute atomic E-state index is 0.833. The first kappa shape index (κ1) is 20.9. The molecule has 4 nitrogen and oxygen atoms in total. The van der Waals surface area contributed by atoms with Crippen LogP contribution < -0.4 is 0 Å². The Labute approximate surface area is 135 Å². The van der Waals surface area contributed by atoms with E-state index in [1.165, 1.54) is 57.8 Å². The monoisotopic (exact) mass is 314 g/mol. The minimum Gasteiger partial charge on any atom is -0.481 e. The van der Waals surface area contributed by atoms with Crippen LogP contribution in [0.3, 0.4) is 0 Å². The van der Waals surface area contributed by atoms with Gasteiger partial charge in [0.25, 0.3) is 11.9 Å². The molecule has 0 amide bonds. The van der Waals surface area contributed by atoms with E-state index in [1.54, 1.807) is 25.7 Å². The Morgan fingerprint density at radius 3 is 1.00 bits per heavy atom.